The third kappa shape index (κ3) is 3.05. The molecule has 0 aromatic carbocycles. The molecule has 0 aliphatic heterocycles. The van der Waals surface area contributed by atoms with Gasteiger partial charge < -0.3 is 15.6 Å². The number of nitrogens with two attached hydrogens (primary N) is 1. The number of carbonyl (C=O) groups excluding carboxylic acids is 1. The molecule has 0 saturated carbocycles. The lowest BCUT2D eigenvalue weighted by Crippen LogP contribution is -2.29. The van der Waals surface area contributed by atoms with Gasteiger partial charge in [0.15, 0.2) is 0 Å². The summed E-state index contributed by atoms with van der Waals surface area (Å²) in [6, 6.07) is 7.74. The van der Waals surface area contributed by atoms with Crippen LogP contribution < -0.4 is 11.1 Å². The van der Waals surface area contributed by atoms with Crippen molar-refractivity contribution in [1.82, 2.24) is 14.9 Å². The minimum atomic E-state index is -0.0733. The fourth-order valence-corrected chi connectivity index (χ4v) is 2.21. The van der Waals surface area contributed by atoms with Gasteiger partial charge in [-0.15, -0.1) is 0 Å². The predicted molar refractivity (Wildman–Crippen MR) is 78.6 cm³/mol. The van der Waals surface area contributed by atoms with Crippen LogP contribution in [0.15, 0.2) is 30.5 Å². The minimum Gasteiger partial charge on any atom is -0.351 e. The number of amides is 1. The average molecular weight is 272 g/mol. The molecule has 2 rings (SSSR count). The molecular formula is C15H20N4O. The van der Waals surface area contributed by atoms with Crippen molar-refractivity contribution < 1.29 is 4.79 Å². The van der Waals surface area contributed by atoms with Gasteiger partial charge in [0.1, 0.15) is 0 Å². The number of carbonyl (C=O) groups is 1. The van der Waals surface area contributed by atoms with Crippen LogP contribution in [0.25, 0.3) is 0 Å². The van der Waals surface area contributed by atoms with Crippen molar-refractivity contribution in [1.29, 1.82) is 0 Å². The van der Waals surface area contributed by atoms with Crippen molar-refractivity contribution in [2.45, 2.75) is 20.4 Å². The van der Waals surface area contributed by atoms with E-state index >= 15 is 0 Å². The topological polar surface area (TPSA) is 72.9 Å². The normalized spacial score (nSPS) is 10.6. The summed E-state index contributed by atoms with van der Waals surface area (Å²) in [5, 5.41) is 2.80. The van der Waals surface area contributed by atoms with Gasteiger partial charge in [-0.1, -0.05) is 6.07 Å². The van der Waals surface area contributed by atoms with Gasteiger partial charge in [-0.2, -0.15) is 0 Å². The van der Waals surface area contributed by atoms with Crippen LogP contribution >= 0.6 is 0 Å². The van der Waals surface area contributed by atoms with E-state index in [0.717, 1.165) is 17.1 Å². The van der Waals surface area contributed by atoms with Gasteiger partial charge in [0.2, 0.25) is 0 Å². The summed E-state index contributed by atoms with van der Waals surface area (Å²) < 4.78 is 2.10. The Balaban J connectivity index is 2.23. The SMILES string of the molecule is Cc1cc(C(=O)NCCN)c(C)n1Cc1ccccn1. The van der Waals surface area contributed by atoms with Crippen LogP contribution in [0, 0.1) is 13.8 Å². The molecule has 2 aromatic heterocycles. The first-order valence-corrected chi connectivity index (χ1v) is 6.68. The number of aryl methyl sites for hydroxylation is 1. The molecule has 5 nitrogen and oxygen atoms in total. The molecule has 0 aliphatic carbocycles. The summed E-state index contributed by atoms with van der Waals surface area (Å²) in [5.74, 6) is -0.0733. The second-order valence-electron chi connectivity index (χ2n) is 4.74. The molecule has 0 aliphatic rings. The summed E-state index contributed by atoms with van der Waals surface area (Å²) in [6.07, 6.45) is 1.78. The Labute approximate surface area is 118 Å². The largest absolute Gasteiger partial charge is 0.351 e. The van der Waals surface area contributed by atoms with Crippen LogP contribution in [0.4, 0.5) is 0 Å². The van der Waals surface area contributed by atoms with E-state index in [2.05, 4.69) is 14.9 Å². The van der Waals surface area contributed by atoms with E-state index < -0.39 is 0 Å². The standard InChI is InChI=1S/C15H20N4O/c1-11-9-14(15(20)18-8-6-16)12(2)19(11)10-13-5-3-4-7-17-13/h3-5,7,9H,6,8,10,16H2,1-2H3,(H,18,20). The van der Waals surface area contributed by atoms with Gasteiger partial charge in [-0.3, -0.25) is 9.78 Å². The first-order valence-electron chi connectivity index (χ1n) is 6.68. The molecule has 2 heterocycles. The van der Waals surface area contributed by atoms with E-state index in [9.17, 15) is 4.79 Å². The number of hydrogen-bond donors (Lipinski definition) is 2. The number of hydrogen-bond acceptors (Lipinski definition) is 3. The maximum absolute atomic E-state index is 12.0. The average Bonchev–Trinajstić information content (AvgIpc) is 2.74. The van der Waals surface area contributed by atoms with Crippen LogP contribution in [0.5, 0.6) is 0 Å². The third-order valence-electron chi connectivity index (χ3n) is 3.29. The number of pyridine rings is 1. The minimum absolute atomic E-state index is 0.0733. The Morgan fingerprint density at radius 3 is 2.85 bits per heavy atom. The molecule has 20 heavy (non-hydrogen) atoms. The van der Waals surface area contributed by atoms with Crippen molar-refractivity contribution in [3.8, 4) is 0 Å². The summed E-state index contributed by atoms with van der Waals surface area (Å²) >= 11 is 0. The first kappa shape index (κ1) is 14.3. The van der Waals surface area contributed by atoms with Crippen molar-refractivity contribution in [2.24, 2.45) is 5.73 Å². The molecule has 106 valence electrons. The summed E-state index contributed by atoms with van der Waals surface area (Å²) in [7, 11) is 0. The Bertz CT molecular complexity index is 589. The molecule has 2 aromatic rings. The van der Waals surface area contributed by atoms with Crippen LogP contribution in [0.2, 0.25) is 0 Å². The Morgan fingerprint density at radius 1 is 1.40 bits per heavy atom. The van der Waals surface area contributed by atoms with Crippen molar-refractivity contribution in [2.75, 3.05) is 13.1 Å². The van der Waals surface area contributed by atoms with Crippen molar-refractivity contribution in [3.63, 3.8) is 0 Å². The highest BCUT2D eigenvalue weighted by molar-refractivity contribution is 5.95. The molecule has 0 bridgehead atoms. The lowest BCUT2D eigenvalue weighted by atomic mass is 10.2. The van der Waals surface area contributed by atoms with Crippen LogP contribution in [-0.2, 0) is 6.54 Å². The number of nitrogens with one attached hydrogen (secondary N) is 1. The predicted octanol–water partition coefficient (Wildman–Crippen LogP) is 1.24. The van der Waals surface area contributed by atoms with Crippen molar-refractivity contribution >= 4 is 5.91 Å². The Hall–Kier alpha value is -2.14. The quantitative estimate of drug-likeness (QED) is 0.860. The third-order valence-corrected chi connectivity index (χ3v) is 3.29. The lowest BCUT2D eigenvalue weighted by Gasteiger charge is -2.09. The van der Waals surface area contributed by atoms with Crippen LogP contribution in [0.1, 0.15) is 27.4 Å². The fourth-order valence-electron chi connectivity index (χ4n) is 2.21. The summed E-state index contributed by atoms with van der Waals surface area (Å²) in [6.45, 7) is 5.55. The summed E-state index contributed by atoms with van der Waals surface area (Å²) in [5.41, 5.74) is 9.07. The first-order chi connectivity index (χ1) is 9.63. The second kappa shape index (κ2) is 6.34. The Kier molecular flexibility index (Phi) is 4.53. The zero-order valence-corrected chi connectivity index (χ0v) is 11.9. The highest BCUT2D eigenvalue weighted by atomic mass is 16.1. The highest BCUT2D eigenvalue weighted by Crippen LogP contribution is 2.16. The molecule has 0 atom stereocenters. The maximum Gasteiger partial charge on any atom is 0.253 e. The van der Waals surface area contributed by atoms with E-state index in [1.54, 1.807) is 6.20 Å². The Morgan fingerprint density at radius 2 is 2.20 bits per heavy atom. The zero-order chi connectivity index (χ0) is 14.5. The highest BCUT2D eigenvalue weighted by Gasteiger charge is 2.15. The van der Waals surface area contributed by atoms with Gasteiger partial charge in [-0.25, -0.2) is 0 Å². The van der Waals surface area contributed by atoms with E-state index in [4.69, 9.17) is 5.73 Å². The van der Waals surface area contributed by atoms with E-state index in [1.807, 2.05) is 38.1 Å². The zero-order valence-electron chi connectivity index (χ0n) is 11.9. The van der Waals surface area contributed by atoms with E-state index in [-0.39, 0.29) is 5.91 Å². The lowest BCUT2D eigenvalue weighted by molar-refractivity contribution is 0.0954. The fraction of sp³-hybridized carbons (Fsp3) is 0.333. The van der Waals surface area contributed by atoms with Crippen LogP contribution in [-0.4, -0.2) is 28.5 Å². The molecule has 0 spiro atoms. The van der Waals surface area contributed by atoms with Gasteiger partial charge >= 0.3 is 0 Å². The summed E-state index contributed by atoms with van der Waals surface area (Å²) in [4.78, 5) is 16.4. The van der Waals surface area contributed by atoms with Crippen LogP contribution in [0.3, 0.4) is 0 Å². The second-order valence-corrected chi connectivity index (χ2v) is 4.74. The smallest absolute Gasteiger partial charge is 0.253 e. The number of nitrogens with zero attached hydrogens (tertiary/aromatic N) is 2. The van der Waals surface area contributed by atoms with Gasteiger partial charge in [0, 0.05) is 30.7 Å². The van der Waals surface area contributed by atoms with Gasteiger partial charge in [0.25, 0.3) is 5.91 Å². The number of rotatable bonds is 5. The molecule has 0 fully saturated rings. The molecule has 0 unspecified atom stereocenters. The monoisotopic (exact) mass is 272 g/mol. The number of aromatic nitrogens is 2. The van der Waals surface area contributed by atoms with E-state index in [0.29, 0.717) is 25.2 Å². The maximum atomic E-state index is 12.0. The van der Waals surface area contributed by atoms with Crippen molar-refractivity contribution in [3.05, 3.63) is 53.1 Å². The molecule has 1 amide bonds. The van der Waals surface area contributed by atoms with Gasteiger partial charge in [0.05, 0.1) is 17.8 Å². The van der Waals surface area contributed by atoms with E-state index in [1.165, 1.54) is 0 Å². The molecule has 5 heteroatoms. The molecule has 0 saturated heterocycles. The molecule has 3 N–H and O–H groups in total. The molecular weight excluding hydrogens is 252 g/mol. The molecule has 0 radical (unpaired) electrons. The van der Waals surface area contributed by atoms with Gasteiger partial charge in [-0.05, 0) is 32.0 Å².